The quantitative estimate of drug-likeness (QED) is 0.562. The molecule has 0 saturated carbocycles. The number of hydrogen-bond acceptors (Lipinski definition) is 3. The van der Waals surface area contributed by atoms with Gasteiger partial charge in [-0.1, -0.05) is 49.4 Å². The number of aliphatic imine (C=N–C) groups is 1. The molecule has 3 aromatic rings. The Morgan fingerprint density at radius 2 is 1.65 bits per heavy atom. The van der Waals surface area contributed by atoms with Crippen molar-refractivity contribution in [3.8, 4) is 0 Å². The minimum absolute atomic E-state index is 0.786. The minimum Gasteiger partial charge on any atom is -0.340 e. The average Bonchev–Trinajstić information content (AvgIpc) is 2.66. The molecule has 0 bridgehead atoms. The van der Waals surface area contributed by atoms with E-state index in [0.717, 1.165) is 35.7 Å². The second kappa shape index (κ2) is 8.43. The van der Waals surface area contributed by atoms with E-state index in [4.69, 9.17) is 4.98 Å². The number of para-hydroxylation sites is 2. The summed E-state index contributed by atoms with van der Waals surface area (Å²) < 4.78 is 0. The monoisotopic (exact) mass is 343 g/mol. The summed E-state index contributed by atoms with van der Waals surface area (Å²) in [4.78, 5) is 9.34. The molecule has 26 heavy (non-hydrogen) atoms. The zero-order chi connectivity index (χ0) is 18.4. The van der Waals surface area contributed by atoms with Gasteiger partial charge in [0.15, 0.2) is 0 Å². The van der Waals surface area contributed by atoms with Crippen LogP contribution in [0.4, 0.5) is 17.2 Å². The Morgan fingerprint density at radius 1 is 0.923 bits per heavy atom. The van der Waals surface area contributed by atoms with Gasteiger partial charge in [0.25, 0.3) is 0 Å². The summed E-state index contributed by atoms with van der Waals surface area (Å²) in [5, 5.41) is 3.48. The van der Waals surface area contributed by atoms with Crippen LogP contribution in [0.15, 0.2) is 65.7 Å². The van der Waals surface area contributed by atoms with E-state index >= 15 is 0 Å². The topological polar surface area (TPSA) is 37.3 Å². The van der Waals surface area contributed by atoms with Crippen molar-refractivity contribution < 1.29 is 0 Å². The SMILES string of the molecule is CCc1nc(Nc2c(C)cccc2C)ccc1CC=Nc1ccccc1. The lowest BCUT2D eigenvalue weighted by Crippen LogP contribution is -2.03. The van der Waals surface area contributed by atoms with Gasteiger partial charge in [0, 0.05) is 24.0 Å². The minimum atomic E-state index is 0.786. The van der Waals surface area contributed by atoms with Crippen LogP contribution in [0.2, 0.25) is 0 Å². The summed E-state index contributed by atoms with van der Waals surface area (Å²) >= 11 is 0. The predicted octanol–water partition coefficient (Wildman–Crippen LogP) is 5.95. The lowest BCUT2D eigenvalue weighted by Gasteiger charge is -2.14. The van der Waals surface area contributed by atoms with Gasteiger partial charge in [0.2, 0.25) is 0 Å². The highest BCUT2D eigenvalue weighted by molar-refractivity contribution is 5.68. The molecule has 0 amide bonds. The molecule has 0 aliphatic carbocycles. The molecule has 3 nitrogen and oxygen atoms in total. The fraction of sp³-hybridized carbons (Fsp3) is 0.217. The molecule has 1 heterocycles. The largest absolute Gasteiger partial charge is 0.340 e. The highest BCUT2D eigenvalue weighted by Gasteiger charge is 2.07. The Bertz CT molecular complexity index is 878. The first-order valence-corrected chi connectivity index (χ1v) is 9.07. The molecular formula is C23H25N3. The summed E-state index contributed by atoms with van der Waals surface area (Å²) in [6, 6.07) is 20.5. The van der Waals surface area contributed by atoms with Crippen molar-refractivity contribution in [2.24, 2.45) is 4.99 Å². The summed E-state index contributed by atoms with van der Waals surface area (Å²) in [7, 11) is 0. The zero-order valence-electron chi connectivity index (χ0n) is 15.7. The van der Waals surface area contributed by atoms with Crippen LogP contribution >= 0.6 is 0 Å². The van der Waals surface area contributed by atoms with E-state index in [1.54, 1.807) is 0 Å². The molecule has 3 rings (SSSR count). The summed E-state index contributed by atoms with van der Waals surface area (Å²) in [6.45, 7) is 6.37. The average molecular weight is 343 g/mol. The summed E-state index contributed by atoms with van der Waals surface area (Å²) in [5.41, 5.74) is 6.90. The molecule has 3 heteroatoms. The number of pyridine rings is 1. The third-order valence-electron chi connectivity index (χ3n) is 4.45. The van der Waals surface area contributed by atoms with Gasteiger partial charge in [-0.15, -0.1) is 0 Å². The smallest absolute Gasteiger partial charge is 0.130 e. The first-order chi connectivity index (χ1) is 12.7. The second-order valence-corrected chi connectivity index (χ2v) is 6.40. The van der Waals surface area contributed by atoms with E-state index in [-0.39, 0.29) is 0 Å². The lowest BCUT2D eigenvalue weighted by molar-refractivity contribution is 1.000. The molecule has 0 atom stereocenters. The van der Waals surface area contributed by atoms with Crippen LogP contribution in [0.25, 0.3) is 0 Å². The predicted molar refractivity (Wildman–Crippen MR) is 111 cm³/mol. The van der Waals surface area contributed by atoms with Crippen molar-refractivity contribution in [1.29, 1.82) is 0 Å². The van der Waals surface area contributed by atoms with E-state index in [1.165, 1.54) is 16.7 Å². The molecule has 132 valence electrons. The normalized spacial score (nSPS) is 11.0. The molecule has 1 N–H and O–H groups in total. The second-order valence-electron chi connectivity index (χ2n) is 6.40. The number of rotatable bonds is 6. The lowest BCUT2D eigenvalue weighted by atomic mass is 10.1. The van der Waals surface area contributed by atoms with Gasteiger partial charge in [0.05, 0.1) is 5.69 Å². The maximum absolute atomic E-state index is 4.82. The standard InChI is InChI=1S/C23H25N3/c1-4-21-19(15-16-24-20-11-6-5-7-12-20)13-14-22(25-21)26-23-17(2)9-8-10-18(23)3/h5-14,16H,4,15H2,1-3H3,(H,25,26). The van der Waals surface area contributed by atoms with Gasteiger partial charge in [-0.3, -0.25) is 4.99 Å². The molecule has 0 aliphatic heterocycles. The highest BCUT2D eigenvalue weighted by Crippen LogP contribution is 2.24. The van der Waals surface area contributed by atoms with Crippen LogP contribution in [0.5, 0.6) is 0 Å². The van der Waals surface area contributed by atoms with Gasteiger partial charge in [-0.2, -0.15) is 0 Å². The van der Waals surface area contributed by atoms with Gasteiger partial charge >= 0.3 is 0 Å². The molecule has 0 unspecified atom stereocenters. The zero-order valence-corrected chi connectivity index (χ0v) is 15.7. The molecule has 0 radical (unpaired) electrons. The van der Waals surface area contributed by atoms with Crippen LogP contribution in [-0.4, -0.2) is 11.2 Å². The van der Waals surface area contributed by atoms with E-state index in [2.05, 4.69) is 61.4 Å². The Balaban J connectivity index is 1.76. The number of benzene rings is 2. The Hall–Kier alpha value is -2.94. The van der Waals surface area contributed by atoms with Crippen LogP contribution in [0, 0.1) is 13.8 Å². The van der Waals surface area contributed by atoms with Crippen molar-refractivity contribution in [3.05, 3.63) is 83.0 Å². The van der Waals surface area contributed by atoms with Crippen molar-refractivity contribution in [3.63, 3.8) is 0 Å². The number of aryl methyl sites for hydroxylation is 3. The Morgan fingerprint density at radius 3 is 2.35 bits per heavy atom. The third-order valence-corrected chi connectivity index (χ3v) is 4.45. The van der Waals surface area contributed by atoms with E-state index in [0.29, 0.717) is 0 Å². The highest BCUT2D eigenvalue weighted by atomic mass is 15.0. The molecular weight excluding hydrogens is 318 g/mol. The van der Waals surface area contributed by atoms with Crippen molar-refractivity contribution >= 4 is 23.4 Å². The fourth-order valence-electron chi connectivity index (χ4n) is 2.99. The van der Waals surface area contributed by atoms with Crippen LogP contribution < -0.4 is 5.32 Å². The molecule has 2 aromatic carbocycles. The number of anilines is 2. The number of nitrogens with zero attached hydrogens (tertiary/aromatic N) is 2. The molecule has 1 aromatic heterocycles. The van der Waals surface area contributed by atoms with Gasteiger partial charge < -0.3 is 5.32 Å². The first kappa shape index (κ1) is 17.9. The van der Waals surface area contributed by atoms with Crippen molar-refractivity contribution in [2.75, 3.05) is 5.32 Å². The van der Waals surface area contributed by atoms with Crippen molar-refractivity contribution in [2.45, 2.75) is 33.6 Å². The summed E-state index contributed by atoms with van der Waals surface area (Å²) in [6.07, 6.45) is 3.65. The molecule has 0 fully saturated rings. The maximum atomic E-state index is 4.82. The van der Waals surface area contributed by atoms with Crippen LogP contribution in [0.1, 0.15) is 29.3 Å². The summed E-state index contributed by atoms with van der Waals surface area (Å²) in [5.74, 6) is 0.892. The Kier molecular flexibility index (Phi) is 5.80. The van der Waals surface area contributed by atoms with E-state index in [1.807, 2.05) is 36.5 Å². The molecule has 0 saturated heterocycles. The van der Waals surface area contributed by atoms with Crippen LogP contribution in [0.3, 0.4) is 0 Å². The van der Waals surface area contributed by atoms with E-state index < -0.39 is 0 Å². The van der Waals surface area contributed by atoms with Gasteiger partial charge in [0.1, 0.15) is 5.82 Å². The van der Waals surface area contributed by atoms with Crippen LogP contribution in [-0.2, 0) is 12.8 Å². The third kappa shape index (κ3) is 4.37. The number of aromatic nitrogens is 1. The first-order valence-electron chi connectivity index (χ1n) is 9.07. The number of hydrogen-bond donors (Lipinski definition) is 1. The maximum Gasteiger partial charge on any atom is 0.130 e. The number of nitrogens with one attached hydrogen (secondary N) is 1. The fourth-order valence-corrected chi connectivity index (χ4v) is 2.99. The van der Waals surface area contributed by atoms with Gasteiger partial charge in [-0.25, -0.2) is 4.98 Å². The van der Waals surface area contributed by atoms with Gasteiger partial charge in [-0.05, 0) is 55.2 Å². The van der Waals surface area contributed by atoms with Crippen molar-refractivity contribution in [1.82, 2.24) is 4.98 Å². The molecule has 0 aliphatic rings. The Labute approximate surface area is 155 Å². The van der Waals surface area contributed by atoms with E-state index in [9.17, 15) is 0 Å². The molecule has 0 spiro atoms.